The monoisotopic (exact) mass is 342 g/mol. The molecule has 0 unspecified atom stereocenters. The van der Waals surface area contributed by atoms with E-state index in [1.54, 1.807) is 0 Å². The van der Waals surface area contributed by atoms with Gasteiger partial charge in [-0.1, -0.05) is 24.3 Å². The topological polar surface area (TPSA) is 155 Å². The van der Waals surface area contributed by atoms with E-state index < -0.39 is 43.9 Å². The zero-order chi connectivity index (χ0) is 18.7. The first-order chi connectivity index (χ1) is 11.8. The number of rotatable bonds is 2. The molecule has 0 heterocycles. The standard InChI is InChI=1S/C14H6N2O6.CO2/c17-13-7-3-1-2-4-8(7)14(18)12-10(16(21)22)6-5-9(11(12)13)15(19)20;2-1-3/h1-6H;. The van der Waals surface area contributed by atoms with Crippen LogP contribution in [0.1, 0.15) is 31.8 Å². The molecule has 2 aromatic carbocycles. The zero-order valence-electron chi connectivity index (χ0n) is 12.1. The Balaban J connectivity index is 0.000000701. The van der Waals surface area contributed by atoms with Gasteiger partial charge in [0.1, 0.15) is 11.1 Å². The van der Waals surface area contributed by atoms with Crippen molar-refractivity contribution in [2.24, 2.45) is 0 Å². The van der Waals surface area contributed by atoms with Gasteiger partial charge in [0.25, 0.3) is 11.4 Å². The molecule has 0 amide bonds. The fourth-order valence-corrected chi connectivity index (χ4v) is 2.49. The van der Waals surface area contributed by atoms with Crippen LogP contribution in [0.5, 0.6) is 0 Å². The lowest BCUT2D eigenvalue weighted by Crippen LogP contribution is -2.23. The van der Waals surface area contributed by atoms with Crippen molar-refractivity contribution < 1.29 is 29.0 Å². The summed E-state index contributed by atoms with van der Waals surface area (Å²) in [7, 11) is 0. The highest BCUT2D eigenvalue weighted by Gasteiger charge is 2.40. The number of benzene rings is 2. The summed E-state index contributed by atoms with van der Waals surface area (Å²) >= 11 is 0. The minimum Gasteiger partial charge on any atom is -0.288 e. The van der Waals surface area contributed by atoms with Gasteiger partial charge >= 0.3 is 6.15 Å². The third-order valence-corrected chi connectivity index (χ3v) is 3.43. The lowest BCUT2D eigenvalue weighted by molar-refractivity contribution is -0.389. The Labute approximate surface area is 138 Å². The van der Waals surface area contributed by atoms with E-state index in [0.29, 0.717) is 0 Å². The lowest BCUT2D eigenvalue weighted by atomic mass is 9.82. The van der Waals surface area contributed by atoms with Crippen LogP contribution in [-0.4, -0.2) is 27.6 Å². The number of nitro benzene ring substituents is 2. The predicted octanol–water partition coefficient (Wildman–Crippen LogP) is 1.69. The Morgan fingerprint density at radius 2 is 1.04 bits per heavy atom. The second-order valence-electron chi connectivity index (χ2n) is 4.66. The van der Waals surface area contributed by atoms with Crippen molar-refractivity contribution >= 4 is 29.1 Å². The first kappa shape index (κ1) is 17.3. The van der Waals surface area contributed by atoms with E-state index in [1.165, 1.54) is 24.3 Å². The summed E-state index contributed by atoms with van der Waals surface area (Å²) in [6.07, 6.45) is 0.250. The van der Waals surface area contributed by atoms with Gasteiger partial charge in [-0.3, -0.25) is 29.8 Å². The minimum absolute atomic E-state index is 0.00333. The third-order valence-electron chi connectivity index (χ3n) is 3.43. The van der Waals surface area contributed by atoms with E-state index in [1.807, 2.05) is 0 Å². The van der Waals surface area contributed by atoms with Gasteiger partial charge in [0.2, 0.25) is 11.6 Å². The Hall–Kier alpha value is -4.04. The number of nitro groups is 2. The Morgan fingerprint density at radius 3 is 1.32 bits per heavy atom. The molecule has 0 atom stereocenters. The van der Waals surface area contributed by atoms with Gasteiger partial charge in [-0.15, -0.1) is 0 Å². The second-order valence-corrected chi connectivity index (χ2v) is 4.66. The smallest absolute Gasteiger partial charge is 0.288 e. The maximum atomic E-state index is 12.5. The SMILES string of the molecule is O=C1c2ccccc2C(=O)c2c([N+](=O)[O-])ccc([N+](=O)[O-])c21.O=C=O. The predicted molar refractivity (Wildman–Crippen MR) is 78.1 cm³/mol. The number of fused-ring (bicyclic) bond motifs is 2. The molecule has 0 saturated heterocycles. The third kappa shape index (κ3) is 2.80. The van der Waals surface area contributed by atoms with Crippen LogP contribution in [0.2, 0.25) is 0 Å². The molecule has 0 N–H and O–H groups in total. The van der Waals surface area contributed by atoms with Crippen LogP contribution in [0.15, 0.2) is 36.4 Å². The van der Waals surface area contributed by atoms with Crippen LogP contribution in [-0.2, 0) is 9.59 Å². The summed E-state index contributed by atoms with van der Waals surface area (Å²) in [6.45, 7) is 0. The zero-order valence-corrected chi connectivity index (χ0v) is 12.1. The number of nitrogens with zero attached hydrogens (tertiary/aromatic N) is 2. The summed E-state index contributed by atoms with van der Waals surface area (Å²) in [5.41, 5.74) is -2.28. The van der Waals surface area contributed by atoms with Gasteiger partial charge < -0.3 is 0 Å². The molecule has 1 aliphatic rings. The minimum atomic E-state index is -0.832. The van der Waals surface area contributed by atoms with E-state index >= 15 is 0 Å². The molecule has 0 fully saturated rings. The Bertz CT molecular complexity index is 901. The largest absolute Gasteiger partial charge is 0.373 e. The molecule has 3 rings (SSSR count). The van der Waals surface area contributed by atoms with Crippen LogP contribution in [0.3, 0.4) is 0 Å². The molecule has 0 radical (unpaired) electrons. The van der Waals surface area contributed by atoms with Gasteiger partial charge in [0, 0.05) is 23.3 Å². The molecule has 124 valence electrons. The van der Waals surface area contributed by atoms with Crippen LogP contribution in [0, 0.1) is 20.2 Å². The molecular weight excluding hydrogens is 336 g/mol. The molecule has 0 bridgehead atoms. The van der Waals surface area contributed by atoms with Gasteiger partial charge in [0.15, 0.2) is 0 Å². The van der Waals surface area contributed by atoms with Gasteiger partial charge in [-0.2, -0.15) is 9.59 Å². The van der Waals surface area contributed by atoms with E-state index in [0.717, 1.165) is 12.1 Å². The van der Waals surface area contributed by atoms with E-state index in [2.05, 4.69) is 0 Å². The van der Waals surface area contributed by atoms with Crippen LogP contribution >= 0.6 is 0 Å². The van der Waals surface area contributed by atoms with Crippen molar-refractivity contribution in [3.8, 4) is 0 Å². The summed E-state index contributed by atoms with van der Waals surface area (Å²) in [5.74, 6) is -1.53. The highest BCUT2D eigenvalue weighted by Crippen LogP contribution is 2.37. The van der Waals surface area contributed by atoms with Crippen molar-refractivity contribution in [3.63, 3.8) is 0 Å². The summed E-state index contributed by atoms with van der Waals surface area (Å²) in [4.78, 5) is 61.7. The van der Waals surface area contributed by atoms with E-state index in [-0.39, 0.29) is 17.3 Å². The summed E-state index contributed by atoms with van der Waals surface area (Å²) < 4.78 is 0. The highest BCUT2D eigenvalue weighted by molar-refractivity contribution is 6.31. The fourth-order valence-electron chi connectivity index (χ4n) is 2.49. The number of carbonyl (C=O) groups excluding carboxylic acids is 4. The number of hydrogen-bond donors (Lipinski definition) is 0. The molecule has 25 heavy (non-hydrogen) atoms. The van der Waals surface area contributed by atoms with Crippen molar-refractivity contribution in [1.29, 1.82) is 0 Å². The molecule has 0 aliphatic heterocycles. The molecule has 10 nitrogen and oxygen atoms in total. The number of carbonyl (C=O) groups is 2. The molecule has 2 aromatic rings. The van der Waals surface area contributed by atoms with Crippen LogP contribution < -0.4 is 0 Å². The van der Waals surface area contributed by atoms with Crippen molar-refractivity contribution in [3.05, 3.63) is 78.9 Å². The number of hydrogen-bond acceptors (Lipinski definition) is 8. The van der Waals surface area contributed by atoms with Gasteiger partial charge in [0.05, 0.1) is 9.85 Å². The molecule has 10 heteroatoms. The summed E-state index contributed by atoms with van der Waals surface area (Å²) in [5, 5.41) is 22.2. The Kier molecular flexibility index (Phi) is 4.57. The van der Waals surface area contributed by atoms with E-state index in [4.69, 9.17) is 9.59 Å². The quantitative estimate of drug-likeness (QED) is 0.503. The van der Waals surface area contributed by atoms with Gasteiger partial charge in [-0.05, 0) is 0 Å². The maximum absolute atomic E-state index is 12.5. The van der Waals surface area contributed by atoms with Crippen LogP contribution in [0.4, 0.5) is 11.4 Å². The molecule has 1 aliphatic carbocycles. The van der Waals surface area contributed by atoms with Crippen LogP contribution in [0.25, 0.3) is 0 Å². The molecular formula is C15H6N2O8. The average Bonchev–Trinajstić information content (AvgIpc) is 2.59. The van der Waals surface area contributed by atoms with Crippen molar-refractivity contribution in [2.75, 3.05) is 0 Å². The first-order valence-electron chi connectivity index (χ1n) is 6.48. The normalized spacial score (nSPS) is 11.4. The maximum Gasteiger partial charge on any atom is 0.373 e. The molecule has 0 saturated carbocycles. The lowest BCUT2D eigenvalue weighted by Gasteiger charge is -2.16. The number of ketones is 2. The second kappa shape index (κ2) is 6.60. The van der Waals surface area contributed by atoms with Crippen molar-refractivity contribution in [2.45, 2.75) is 0 Å². The van der Waals surface area contributed by atoms with E-state index in [9.17, 15) is 29.8 Å². The highest BCUT2D eigenvalue weighted by atomic mass is 16.6. The fraction of sp³-hybridized carbons (Fsp3) is 0. The molecule has 0 spiro atoms. The summed E-state index contributed by atoms with van der Waals surface area (Å²) in [6, 6.07) is 7.49. The first-order valence-corrected chi connectivity index (χ1v) is 6.48. The average molecular weight is 342 g/mol. The van der Waals surface area contributed by atoms with Gasteiger partial charge in [-0.25, -0.2) is 0 Å². The molecule has 0 aromatic heterocycles. The Morgan fingerprint density at radius 1 is 0.720 bits per heavy atom. The van der Waals surface area contributed by atoms with Crippen molar-refractivity contribution in [1.82, 2.24) is 0 Å².